The molecule has 0 radical (unpaired) electrons. The number of rotatable bonds is 4. The van der Waals surface area contributed by atoms with Gasteiger partial charge in [-0.3, -0.25) is 4.79 Å². The van der Waals surface area contributed by atoms with Crippen molar-refractivity contribution in [2.45, 2.75) is 6.42 Å². The number of aromatic nitrogens is 3. The van der Waals surface area contributed by atoms with E-state index in [0.29, 0.717) is 24.2 Å². The summed E-state index contributed by atoms with van der Waals surface area (Å²) in [6.45, 7) is 0.455. The van der Waals surface area contributed by atoms with Gasteiger partial charge in [0.15, 0.2) is 0 Å². The molecule has 1 heterocycles. The van der Waals surface area contributed by atoms with E-state index in [1.54, 1.807) is 29.1 Å². The van der Waals surface area contributed by atoms with Crippen LogP contribution in [0.3, 0.4) is 0 Å². The third-order valence-corrected chi connectivity index (χ3v) is 3.13. The second kappa shape index (κ2) is 5.71. The van der Waals surface area contributed by atoms with E-state index in [4.69, 9.17) is 17.3 Å². The number of amides is 1. The normalized spacial score (nSPS) is 10.4. The van der Waals surface area contributed by atoms with Crippen molar-refractivity contribution in [3.8, 4) is 0 Å². The summed E-state index contributed by atoms with van der Waals surface area (Å²) in [5.74, 6) is 0.554. The summed E-state index contributed by atoms with van der Waals surface area (Å²) in [6.07, 6.45) is 2.22. The minimum Gasteiger partial charge on any atom is -0.398 e. The van der Waals surface area contributed by atoms with Gasteiger partial charge >= 0.3 is 0 Å². The van der Waals surface area contributed by atoms with Gasteiger partial charge in [-0.1, -0.05) is 17.7 Å². The Hall–Kier alpha value is -2.08. The molecule has 19 heavy (non-hydrogen) atoms. The van der Waals surface area contributed by atoms with Crippen LogP contribution in [0.25, 0.3) is 0 Å². The summed E-state index contributed by atoms with van der Waals surface area (Å²) >= 11 is 5.98. The van der Waals surface area contributed by atoms with Crippen molar-refractivity contribution in [3.63, 3.8) is 0 Å². The maximum absolute atomic E-state index is 11.9. The van der Waals surface area contributed by atoms with E-state index in [1.807, 2.05) is 7.05 Å². The Balaban J connectivity index is 1.95. The molecule has 1 aromatic heterocycles. The molecule has 2 aromatic rings. The van der Waals surface area contributed by atoms with Gasteiger partial charge in [0.2, 0.25) is 0 Å². The molecule has 1 aromatic carbocycles. The molecule has 1 amide bonds. The van der Waals surface area contributed by atoms with Crippen molar-refractivity contribution in [1.82, 2.24) is 20.1 Å². The Kier molecular flexibility index (Phi) is 4.01. The Morgan fingerprint density at radius 3 is 3.00 bits per heavy atom. The number of aryl methyl sites for hydroxylation is 1. The van der Waals surface area contributed by atoms with E-state index in [9.17, 15) is 4.79 Å². The highest BCUT2D eigenvalue weighted by Crippen LogP contribution is 2.22. The molecule has 0 aliphatic carbocycles. The van der Waals surface area contributed by atoms with Gasteiger partial charge in [0.1, 0.15) is 12.2 Å². The quantitative estimate of drug-likeness (QED) is 0.818. The second-order valence-corrected chi connectivity index (χ2v) is 4.45. The highest BCUT2D eigenvalue weighted by Gasteiger charge is 2.11. The number of carbonyl (C=O) groups excluding carboxylic acids is 1. The topological polar surface area (TPSA) is 85.8 Å². The van der Waals surface area contributed by atoms with Gasteiger partial charge in [-0.2, -0.15) is 0 Å². The average Bonchev–Trinajstić information content (AvgIpc) is 2.78. The van der Waals surface area contributed by atoms with Crippen molar-refractivity contribution in [2.24, 2.45) is 7.05 Å². The molecule has 100 valence electrons. The Labute approximate surface area is 115 Å². The van der Waals surface area contributed by atoms with Gasteiger partial charge in [-0.05, 0) is 12.1 Å². The van der Waals surface area contributed by atoms with Gasteiger partial charge in [0.05, 0.1) is 16.3 Å². The van der Waals surface area contributed by atoms with Gasteiger partial charge in [0.25, 0.3) is 5.91 Å². The van der Waals surface area contributed by atoms with Crippen LogP contribution in [0.15, 0.2) is 24.5 Å². The number of hydrogen-bond donors (Lipinski definition) is 2. The summed E-state index contributed by atoms with van der Waals surface area (Å²) in [7, 11) is 1.85. The lowest BCUT2D eigenvalue weighted by atomic mass is 10.2. The highest BCUT2D eigenvalue weighted by molar-refractivity contribution is 6.36. The standard InChI is InChI=1S/C12H14ClN5O/c1-18-7-16-17-10(18)5-6-15-12(19)8-3-2-4-9(14)11(8)13/h2-4,7H,5-6,14H2,1H3,(H,15,19). The van der Waals surface area contributed by atoms with E-state index >= 15 is 0 Å². The predicted molar refractivity (Wildman–Crippen MR) is 72.9 cm³/mol. The fourth-order valence-electron chi connectivity index (χ4n) is 1.64. The molecule has 0 saturated heterocycles. The Morgan fingerprint density at radius 1 is 1.53 bits per heavy atom. The molecule has 0 aliphatic rings. The number of hydrogen-bond acceptors (Lipinski definition) is 4. The third kappa shape index (κ3) is 3.03. The number of nitrogens with one attached hydrogen (secondary N) is 1. The van der Waals surface area contributed by atoms with Crippen molar-refractivity contribution < 1.29 is 4.79 Å². The van der Waals surface area contributed by atoms with E-state index < -0.39 is 0 Å². The highest BCUT2D eigenvalue weighted by atomic mass is 35.5. The van der Waals surface area contributed by atoms with Crippen LogP contribution in [0, 0.1) is 0 Å². The monoisotopic (exact) mass is 279 g/mol. The van der Waals surface area contributed by atoms with Crippen LogP contribution in [0.5, 0.6) is 0 Å². The zero-order chi connectivity index (χ0) is 13.8. The van der Waals surface area contributed by atoms with E-state index in [0.717, 1.165) is 5.82 Å². The van der Waals surface area contributed by atoms with Crippen molar-refractivity contribution >= 4 is 23.2 Å². The lowest BCUT2D eigenvalue weighted by Crippen LogP contribution is -2.26. The number of nitrogens with zero attached hydrogens (tertiary/aromatic N) is 3. The number of anilines is 1. The van der Waals surface area contributed by atoms with Crippen molar-refractivity contribution in [3.05, 3.63) is 40.9 Å². The molecule has 2 rings (SSSR count). The predicted octanol–water partition coefficient (Wildman–Crippen LogP) is 1.02. The van der Waals surface area contributed by atoms with Crippen LogP contribution in [0.1, 0.15) is 16.2 Å². The van der Waals surface area contributed by atoms with Gasteiger partial charge in [0, 0.05) is 20.0 Å². The van der Waals surface area contributed by atoms with Crippen molar-refractivity contribution in [2.75, 3.05) is 12.3 Å². The SMILES string of the molecule is Cn1cnnc1CCNC(=O)c1cccc(N)c1Cl. The zero-order valence-corrected chi connectivity index (χ0v) is 11.2. The number of nitrogens with two attached hydrogens (primary N) is 1. The first-order valence-corrected chi connectivity index (χ1v) is 6.12. The minimum atomic E-state index is -0.250. The van der Waals surface area contributed by atoms with E-state index in [2.05, 4.69) is 15.5 Å². The fraction of sp³-hybridized carbons (Fsp3) is 0.250. The summed E-state index contributed by atoms with van der Waals surface area (Å²) in [4.78, 5) is 11.9. The largest absolute Gasteiger partial charge is 0.398 e. The first-order chi connectivity index (χ1) is 9.09. The fourth-order valence-corrected chi connectivity index (χ4v) is 1.85. The van der Waals surface area contributed by atoms with Crippen LogP contribution in [-0.4, -0.2) is 27.2 Å². The van der Waals surface area contributed by atoms with Crippen LogP contribution in [0.4, 0.5) is 5.69 Å². The molecule has 0 atom stereocenters. The number of carbonyl (C=O) groups is 1. The van der Waals surface area contributed by atoms with Crippen LogP contribution >= 0.6 is 11.6 Å². The van der Waals surface area contributed by atoms with Crippen molar-refractivity contribution in [1.29, 1.82) is 0 Å². The number of benzene rings is 1. The van der Waals surface area contributed by atoms with Gasteiger partial charge in [-0.25, -0.2) is 0 Å². The summed E-state index contributed by atoms with van der Waals surface area (Å²) in [6, 6.07) is 4.98. The second-order valence-electron chi connectivity index (χ2n) is 4.07. The maximum Gasteiger partial charge on any atom is 0.252 e. The molecule has 0 bridgehead atoms. The Morgan fingerprint density at radius 2 is 2.32 bits per heavy atom. The number of halogens is 1. The molecular weight excluding hydrogens is 266 g/mol. The zero-order valence-electron chi connectivity index (χ0n) is 10.4. The van der Waals surface area contributed by atoms with Gasteiger partial charge < -0.3 is 15.6 Å². The molecule has 7 heteroatoms. The van der Waals surface area contributed by atoms with E-state index in [-0.39, 0.29) is 10.9 Å². The summed E-state index contributed by atoms with van der Waals surface area (Å²) in [5.41, 5.74) is 6.42. The first-order valence-electron chi connectivity index (χ1n) is 5.74. The van der Waals surface area contributed by atoms with Gasteiger partial charge in [-0.15, -0.1) is 10.2 Å². The average molecular weight is 280 g/mol. The summed E-state index contributed by atoms with van der Waals surface area (Å²) in [5, 5.41) is 10.7. The molecule has 3 N–H and O–H groups in total. The molecule has 0 saturated carbocycles. The molecular formula is C12H14ClN5O. The minimum absolute atomic E-state index is 0.250. The molecule has 0 fully saturated rings. The maximum atomic E-state index is 11.9. The van der Waals surface area contributed by atoms with Crippen LogP contribution in [0.2, 0.25) is 5.02 Å². The van der Waals surface area contributed by atoms with Crippen LogP contribution < -0.4 is 11.1 Å². The van der Waals surface area contributed by atoms with E-state index in [1.165, 1.54) is 0 Å². The molecule has 6 nitrogen and oxygen atoms in total. The Bertz CT molecular complexity index is 596. The lowest BCUT2D eigenvalue weighted by Gasteiger charge is -2.07. The number of nitrogen functional groups attached to an aromatic ring is 1. The smallest absolute Gasteiger partial charge is 0.252 e. The third-order valence-electron chi connectivity index (χ3n) is 2.71. The molecule has 0 aliphatic heterocycles. The summed E-state index contributed by atoms with van der Waals surface area (Å²) < 4.78 is 1.81. The molecule has 0 unspecified atom stereocenters. The lowest BCUT2D eigenvalue weighted by molar-refractivity contribution is 0.0954. The first kappa shape index (κ1) is 13.4. The van der Waals surface area contributed by atoms with Crippen LogP contribution in [-0.2, 0) is 13.5 Å². The molecule has 0 spiro atoms.